The van der Waals surface area contributed by atoms with E-state index in [-0.39, 0.29) is 41.1 Å². The Labute approximate surface area is 313 Å². The zero-order valence-electron chi connectivity index (χ0n) is 30.1. The van der Waals surface area contributed by atoms with Crippen LogP contribution >= 0.6 is 23.1 Å². The number of likely N-dealkylation sites (N-methyl/N-ethyl adjacent to an activating group) is 1. The van der Waals surface area contributed by atoms with Gasteiger partial charge in [-0.25, -0.2) is 9.78 Å². The lowest BCUT2D eigenvalue weighted by Crippen LogP contribution is -2.55. The molecule has 2 fully saturated rings. The molecule has 0 spiro atoms. The van der Waals surface area contributed by atoms with E-state index < -0.39 is 12.1 Å². The number of aromatic nitrogens is 1. The molecule has 0 radical (unpaired) electrons. The minimum absolute atomic E-state index is 0.0238. The summed E-state index contributed by atoms with van der Waals surface area (Å²) in [6, 6.07) is 14.1. The van der Waals surface area contributed by atoms with Gasteiger partial charge in [-0.1, -0.05) is 48.9 Å². The molecule has 3 aromatic rings. The van der Waals surface area contributed by atoms with E-state index >= 15 is 0 Å². The third kappa shape index (κ3) is 10.1. The fraction of sp³-hybridized carbons (Fsp3) is 0.459. The van der Waals surface area contributed by atoms with Gasteiger partial charge >= 0.3 is 6.03 Å². The summed E-state index contributed by atoms with van der Waals surface area (Å²) in [5.41, 5.74) is 2.61. The maximum atomic E-state index is 14.7. The molecule has 0 aliphatic carbocycles. The van der Waals surface area contributed by atoms with Crippen LogP contribution in [0.5, 0.6) is 0 Å². The molecule has 2 aliphatic rings. The average Bonchev–Trinajstić information content (AvgIpc) is 3.80. The number of piperazine rings is 1. The van der Waals surface area contributed by atoms with E-state index in [1.807, 2.05) is 68.7 Å². The summed E-state index contributed by atoms with van der Waals surface area (Å²) in [5.74, 6) is -0.567. The maximum Gasteiger partial charge on any atom is 0.318 e. The van der Waals surface area contributed by atoms with Crippen molar-refractivity contribution in [3.63, 3.8) is 0 Å². The smallest absolute Gasteiger partial charge is 0.318 e. The van der Waals surface area contributed by atoms with Crippen LogP contribution in [0.15, 0.2) is 60.0 Å². The number of hydrogen-bond acceptors (Lipinski definition) is 9. The summed E-state index contributed by atoms with van der Waals surface area (Å²) in [7, 11) is 3.62. The summed E-state index contributed by atoms with van der Waals surface area (Å²) in [4.78, 5) is 76.6. The second-order valence-corrected chi connectivity index (χ2v) is 15.4. The Hall–Kier alpha value is -4.47. The molecular weight excluding hydrogens is 701 g/mol. The number of nitrogens with zero attached hydrogens (tertiary/aromatic N) is 4. The molecule has 52 heavy (non-hydrogen) atoms. The minimum Gasteiger partial charge on any atom is -0.359 e. The lowest BCUT2D eigenvalue weighted by Gasteiger charge is -2.35. The van der Waals surface area contributed by atoms with Crippen LogP contribution in [0.4, 0.5) is 9.93 Å². The molecule has 0 bridgehead atoms. The molecule has 4 N–H and O–H groups in total. The lowest BCUT2D eigenvalue weighted by molar-refractivity contribution is -0.140. The van der Waals surface area contributed by atoms with Gasteiger partial charge in [0.25, 0.3) is 11.8 Å². The molecule has 15 heteroatoms. The summed E-state index contributed by atoms with van der Waals surface area (Å²) >= 11 is 2.80. The number of thioether (sulfide) groups is 1. The zero-order chi connectivity index (χ0) is 37.2. The monoisotopic (exact) mass is 748 g/mol. The molecule has 1 unspecified atom stereocenters. The highest BCUT2D eigenvalue weighted by Crippen LogP contribution is 2.36. The van der Waals surface area contributed by atoms with Crippen LogP contribution in [0.1, 0.15) is 61.5 Å². The number of carbonyl (C=O) groups is 5. The molecule has 2 saturated heterocycles. The molecule has 13 nitrogen and oxygen atoms in total. The van der Waals surface area contributed by atoms with Crippen molar-refractivity contribution in [1.82, 2.24) is 35.6 Å². The Bertz CT molecular complexity index is 1700. The van der Waals surface area contributed by atoms with Crippen LogP contribution in [-0.4, -0.2) is 113 Å². The fourth-order valence-corrected chi connectivity index (χ4v) is 8.29. The van der Waals surface area contributed by atoms with Crippen LogP contribution in [0.25, 0.3) is 11.3 Å². The number of carbonyl (C=O) groups excluding carboxylic acids is 5. The molecule has 278 valence electrons. The number of rotatable bonds is 13. The van der Waals surface area contributed by atoms with Gasteiger partial charge in [0.15, 0.2) is 5.13 Å². The quantitative estimate of drug-likeness (QED) is 0.190. The maximum absolute atomic E-state index is 14.7. The average molecular weight is 749 g/mol. The lowest BCUT2D eigenvalue weighted by atomic mass is 10.0. The summed E-state index contributed by atoms with van der Waals surface area (Å²) < 4.78 is 0. The first kappa shape index (κ1) is 38.8. The van der Waals surface area contributed by atoms with Gasteiger partial charge in [-0.2, -0.15) is 0 Å². The predicted octanol–water partition coefficient (Wildman–Crippen LogP) is 4.16. The fourth-order valence-electron chi connectivity index (χ4n) is 6.11. The van der Waals surface area contributed by atoms with Crippen molar-refractivity contribution in [1.29, 1.82) is 0 Å². The number of benzene rings is 2. The van der Waals surface area contributed by atoms with E-state index in [2.05, 4.69) is 31.2 Å². The third-order valence-electron chi connectivity index (χ3n) is 9.07. The van der Waals surface area contributed by atoms with Gasteiger partial charge in [0, 0.05) is 67.9 Å². The van der Waals surface area contributed by atoms with Crippen LogP contribution < -0.4 is 21.3 Å². The standard InChI is InChI=1S/C37H48N8O5S2/c1-24(2)39-33(47)27-16-14-25(15-17-27)28-22-52-36(40-28)42-34(48)29-23-51-31(13-9-8-12-30(46)38-3)45(29)35(49)32(26-10-6-5-7-11-26)41-37(50)44-20-18-43(4)19-21-44/h5-7,10-11,14-17,22,24,29,31-32H,8-9,12-13,18-21,23H2,1-4H3,(H,38,46)(H,39,47)(H,41,50)(H,40,42,48)/t29-,31?,32+/m0/s1. The van der Waals surface area contributed by atoms with Crippen molar-refractivity contribution >= 4 is 57.9 Å². The molecule has 0 saturated carbocycles. The predicted molar refractivity (Wildman–Crippen MR) is 205 cm³/mol. The highest BCUT2D eigenvalue weighted by Gasteiger charge is 2.44. The molecule has 3 heterocycles. The number of unbranched alkanes of at least 4 members (excludes halogenated alkanes) is 1. The molecule has 1 aromatic heterocycles. The normalized spacial score (nSPS) is 18.2. The van der Waals surface area contributed by atoms with Crippen molar-refractivity contribution in [2.45, 2.75) is 63.0 Å². The first-order chi connectivity index (χ1) is 25.0. The molecule has 5 rings (SSSR count). The second-order valence-electron chi connectivity index (χ2n) is 13.3. The van der Waals surface area contributed by atoms with Crippen molar-refractivity contribution in [2.75, 3.05) is 51.3 Å². The Morgan fingerprint density at radius 1 is 0.923 bits per heavy atom. The van der Waals surface area contributed by atoms with E-state index in [0.29, 0.717) is 66.5 Å². The van der Waals surface area contributed by atoms with E-state index in [1.165, 1.54) is 23.1 Å². The van der Waals surface area contributed by atoms with Crippen molar-refractivity contribution in [2.24, 2.45) is 0 Å². The number of nitrogens with one attached hydrogen (secondary N) is 4. The highest BCUT2D eigenvalue weighted by molar-refractivity contribution is 8.00. The molecule has 3 atom stereocenters. The van der Waals surface area contributed by atoms with Gasteiger partial charge in [0.05, 0.1) is 11.1 Å². The van der Waals surface area contributed by atoms with Crippen LogP contribution in [0.2, 0.25) is 0 Å². The van der Waals surface area contributed by atoms with Crippen molar-refractivity contribution in [3.05, 3.63) is 71.1 Å². The van der Waals surface area contributed by atoms with E-state index in [9.17, 15) is 24.0 Å². The minimum atomic E-state index is -1.01. The number of thiazole rings is 1. The van der Waals surface area contributed by atoms with Gasteiger partial charge in [-0.3, -0.25) is 19.2 Å². The first-order valence-electron chi connectivity index (χ1n) is 17.6. The van der Waals surface area contributed by atoms with Crippen LogP contribution in [-0.2, 0) is 14.4 Å². The molecular formula is C37H48N8O5S2. The number of anilines is 1. The second kappa shape index (κ2) is 18.3. The van der Waals surface area contributed by atoms with Crippen LogP contribution in [0, 0.1) is 0 Å². The number of urea groups is 1. The van der Waals surface area contributed by atoms with Gasteiger partial charge in [0.1, 0.15) is 12.1 Å². The molecule has 6 amide bonds. The summed E-state index contributed by atoms with van der Waals surface area (Å²) in [6.07, 6.45) is 2.28. The van der Waals surface area contributed by atoms with E-state index in [1.54, 1.807) is 29.0 Å². The Balaban J connectivity index is 1.34. The molecule has 2 aliphatic heterocycles. The van der Waals surface area contributed by atoms with Crippen molar-refractivity contribution < 1.29 is 24.0 Å². The largest absolute Gasteiger partial charge is 0.359 e. The van der Waals surface area contributed by atoms with Gasteiger partial charge < -0.3 is 36.0 Å². The van der Waals surface area contributed by atoms with Gasteiger partial charge in [0.2, 0.25) is 11.8 Å². The third-order valence-corrected chi connectivity index (χ3v) is 11.2. The van der Waals surface area contributed by atoms with Gasteiger partial charge in [-0.15, -0.1) is 23.1 Å². The zero-order valence-corrected chi connectivity index (χ0v) is 31.7. The number of amides is 6. The Kier molecular flexibility index (Phi) is 13.7. The van der Waals surface area contributed by atoms with Crippen molar-refractivity contribution in [3.8, 4) is 11.3 Å². The summed E-state index contributed by atoms with van der Waals surface area (Å²) in [6.45, 7) is 6.37. The number of hydrogen-bond donors (Lipinski definition) is 4. The Morgan fingerprint density at radius 3 is 2.31 bits per heavy atom. The SMILES string of the molecule is CNC(=O)CCCCC1SC[C@@H](C(=O)Nc2nc(-c3ccc(C(=O)NC(C)C)cc3)cs2)N1C(=O)[C@H](NC(=O)N1CCN(C)CC1)c1ccccc1. The first-order valence-corrected chi connectivity index (χ1v) is 19.6. The Morgan fingerprint density at radius 2 is 1.63 bits per heavy atom. The molecule has 2 aromatic carbocycles. The van der Waals surface area contributed by atoms with E-state index in [4.69, 9.17) is 0 Å². The summed E-state index contributed by atoms with van der Waals surface area (Å²) in [5, 5.41) is 13.3. The highest BCUT2D eigenvalue weighted by atomic mass is 32.2. The van der Waals surface area contributed by atoms with E-state index in [0.717, 1.165) is 18.7 Å². The van der Waals surface area contributed by atoms with Crippen LogP contribution in [0.3, 0.4) is 0 Å². The topological polar surface area (TPSA) is 156 Å². The van der Waals surface area contributed by atoms with Gasteiger partial charge in [-0.05, 0) is 51.4 Å².